The molecule has 0 amide bonds. The third kappa shape index (κ3) is 2.74. The first kappa shape index (κ1) is 11.1. The molecule has 0 aromatic heterocycles. The Kier molecular flexibility index (Phi) is 3.96. The lowest BCUT2D eigenvalue weighted by Gasteiger charge is -2.22. The summed E-state index contributed by atoms with van der Waals surface area (Å²) in [4.78, 5) is 0. The molecule has 2 nitrogen and oxygen atoms in total. The summed E-state index contributed by atoms with van der Waals surface area (Å²) < 4.78 is 0. The van der Waals surface area contributed by atoms with Crippen molar-refractivity contribution in [3.8, 4) is 0 Å². The summed E-state index contributed by atoms with van der Waals surface area (Å²) in [5, 5.41) is 3.47. The molecular weight excluding hydrogens is 172 g/mol. The number of anilines is 1. The molecule has 0 saturated carbocycles. The summed E-state index contributed by atoms with van der Waals surface area (Å²) in [6, 6.07) is 8.66. The number of rotatable bonds is 4. The maximum atomic E-state index is 5.71. The molecule has 0 fully saturated rings. The van der Waals surface area contributed by atoms with E-state index in [4.69, 9.17) is 5.73 Å². The molecule has 78 valence electrons. The highest BCUT2D eigenvalue weighted by Crippen LogP contribution is 2.16. The summed E-state index contributed by atoms with van der Waals surface area (Å²) in [6.07, 6.45) is 0. The SMILES string of the molecule is Cc1ccccc1NC(CN)C(C)C. The maximum absolute atomic E-state index is 5.71. The Morgan fingerprint density at radius 1 is 1.29 bits per heavy atom. The normalized spacial score (nSPS) is 12.9. The lowest BCUT2D eigenvalue weighted by Crippen LogP contribution is -2.33. The lowest BCUT2D eigenvalue weighted by molar-refractivity contribution is 0.531. The summed E-state index contributed by atoms with van der Waals surface area (Å²) in [7, 11) is 0. The van der Waals surface area contributed by atoms with Gasteiger partial charge in [0, 0.05) is 18.3 Å². The average molecular weight is 192 g/mol. The van der Waals surface area contributed by atoms with Gasteiger partial charge in [-0.25, -0.2) is 0 Å². The van der Waals surface area contributed by atoms with Gasteiger partial charge in [-0.15, -0.1) is 0 Å². The van der Waals surface area contributed by atoms with E-state index in [1.54, 1.807) is 0 Å². The van der Waals surface area contributed by atoms with Crippen LogP contribution in [0.15, 0.2) is 24.3 Å². The third-order valence-corrected chi connectivity index (χ3v) is 2.54. The standard InChI is InChI=1S/C12H20N2/c1-9(2)12(8-13)14-11-7-5-4-6-10(11)3/h4-7,9,12,14H,8,13H2,1-3H3. The molecule has 3 N–H and O–H groups in total. The van der Waals surface area contributed by atoms with Crippen LogP contribution in [0.5, 0.6) is 0 Å². The van der Waals surface area contributed by atoms with Gasteiger partial charge in [0.2, 0.25) is 0 Å². The van der Waals surface area contributed by atoms with Crippen LogP contribution in [0, 0.1) is 12.8 Å². The number of nitrogens with two attached hydrogens (primary N) is 1. The van der Waals surface area contributed by atoms with Gasteiger partial charge in [-0.3, -0.25) is 0 Å². The molecule has 0 aliphatic rings. The van der Waals surface area contributed by atoms with Crippen molar-refractivity contribution >= 4 is 5.69 Å². The summed E-state index contributed by atoms with van der Waals surface area (Å²) in [5.74, 6) is 0.555. The highest BCUT2D eigenvalue weighted by atomic mass is 14.9. The fraction of sp³-hybridized carbons (Fsp3) is 0.500. The number of benzene rings is 1. The molecule has 0 heterocycles. The highest BCUT2D eigenvalue weighted by Gasteiger charge is 2.11. The van der Waals surface area contributed by atoms with E-state index in [1.807, 2.05) is 12.1 Å². The van der Waals surface area contributed by atoms with E-state index in [2.05, 4.69) is 38.2 Å². The number of hydrogen-bond acceptors (Lipinski definition) is 2. The van der Waals surface area contributed by atoms with Crippen LogP contribution in [-0.4, -0.2) is 12.6 Å². The molecule has 0 aliphatic carbocycles. The van der Waals surface area contributed by atoms with Crippen LogP contribution < -0.4 is 11.1 Å². The zero-order valence-electron chi connectivity index (χ0n) is 9.25. The minimum absolute atomic E-state index is 0.357. The Balaban J connectivity index is 2.72. The Bertz CT molecular complexity index is 281. The van der Waals surface area contributed by atoms with E-state index in [-0.39, 0.29) is 0 Å². The predicted molar refractivity (Wildman–Crippen MR) is 62.5 cm³/mol. The Hall–Kier alpha value is -1.02. The summed E-state index contributed by atoms with van der Waals surface area (Å²) in [6.45, 7) is 7.15. The fourth-order valence-electron chi connectivity index (χ4n) is 1.43. The van der Waals surface area contributed by atoms with E-state index < -0.39 is 0 Å². The number of hydrogen-bond donors (Lipinski definition) is 2. The van der Waals surface area contributed by atoms with Gasteiger partial charge in [0.05, 0.1) is 0 Å². The monoisotopic (exact) mass is 192 g/mol. The number of nitrogens with one attached hydrogen (secondary N) is 1. The van der Waals surface area contributed by atoms with Gasteiger partial charge in [-0.1, -0.05) is 32.0 Å². The van der Waals surface area contributed by atoms with Gasteiger partial charge in [0.25, 0.3) is 0 Å². The second-order valence-corrected chi connectivity index (χ2v) is 4.05. The van der Waals surface area contributed by atoms with Crippen LogP contribution >= 0.6 is 0 Å². The van der Waals surface area contributed by atoms with Gasteiger partial charge in [-0.05, 0) is 24.5 Å². The minimum Gasteiger partial charge on any atom is -0.381 e. The van der Waals surface area contributed by atoms with Gasteiger partial charge < -0.3 is 11.1 Å². The maximum Gasteiger partial charge on any atom is 0.0406 e. The second kappa shape index (κ2) is 5.01. The number of para-hydroxylation sites is 1. The first-order valence-corrected chi connectivity index (χ1v) is 5.17. The Labute approximate surface area is 86.5 Å². The van der Waals surface area contributed by atoms with Crippen molar-refractivity contribution in [3.05, 3.63) is 29.8 Å². The molecule has 0 spiro atoms. The molecule has 0 aliphatic heterocycles. The van der Waals surface area contributed by atoms with E-state index in [0.29, 0.717) is 18.5 Å². The predicted octanol–water partition coefficient (Wildman–Crippen LogP) is 2.39. The van der Waals surface area contributed by atoms with Crippen molar-refractivity contribution in [2.45, 2.75) is 26.8 Å². The molecule has 0 saturated heterocycles. The molecule has 1 aromatic rings. The Morgan fingerprint density at radius 2 is 1.93 bits per heavy atom. The van der Waals surface area contributed by atoms with Crippen LogP contribution in [0.3, 0.4) is 0 Å². The topological polar surface area (TPSA) is 38.0 Å². The first-order chi connectivity index (χ1) is 6.65. The van der Waals surface area contributed by atoms with Gasteiger partial charge in [-0.2, -0.15) is 0 Å². The van der Waals surface area contributed by atoms with E-state index in [0.717, 1.165) is 0 Å². The average Bonchev–Trinajstić information content (AvgIpc) is 2.16. The molecule has 0 radical (unpaired) electrons. The van der Waals surface area contributed by atoms with Crippen molar-refractivity contribution in [1.29, 1.82) is 0 Å². The molecular formula is C12H20N2. The molecule has 1 aromatic carbocycles. The van der Waals surface area contributed by atoms with Crippen LogP contribution in [0.4, 0.5) is 5.69 Å². The van der Waals surface area contributed by atoms with Crippen molar-refractivity contribution in [1.82, 2.24) is 0 Å². The Morgan fingerprint density at radius 3 is 2.43 bits per heavy atom. The smallest absolute Gasteiger partial charge is 0.0406 e. The molecule has 2 heteroatoms. The van der Waals surface area contributed by atoms with Crippen molar-refractivity contribution in [3.63, 3.8) is 0 Å². The second-order valence-electron chi connectivity index (χ2n) is 4.05. The molecule has 1 atom stereocenters. The zero-order valence-corrected chi connectivity index (χ0v) is 9.25. The lowest BCUT2D eigenvalue weighted by atomic mass is 10.0. The van der Waals surface area contributed by atoms with Crippen LogP contribution in [0.1, 0.15) is 19.4 Å². The minimum atomic E-state index is 0.357. The van der Waals surface area contributed by atoms with E-state index >= 15 is 0 Å². The van der Waals surface area contributed by atoms with Crippen LogP contribution in [-0.2, 0) is 0 Å². The van der Waals surface area contributed by atoms with E-state index in [1.165, 1.54) is 11.3 Å². The van der Waals surface area contributed by atoms with Crippen molar-refractivity contribution in [2.24, 2.45) is 11.7 Å². The highest BCUT2D eigenvalue weighted by molar-refractivity contribution is 5.51. The van der Waals surface area contributed by atoms with Gasteiger partial charge in [0.1, 0.15) is 0 Å². The molecule has 1 rings (SSSR count). The third-order valence-electron chi connectivity index (χ3n) is 2.54. The fourth-order valence-corrected chi connectivity index (χ4v) is 1.43. The summed E-state index contributed by atoms with van der Waals surface area (Å²) >= 11 is 0. The quantitative estimate of drug-likeness (QED) is 0.768. The van der Waals surface area contributed by atoms with E-state index in [9.17, 15) is 0 Å². The van der Waals surface area contributed by atoms with Gasteiger partial charge in [0.15, 0.2) is 0 Å². The summed E-state index contributed by atoms with van der Waals surface area (Å²) in [5.41, 5.74) is 8.17. The molecule has 0 bridgehead atoms. The van der Waals surface area contributed by atoms with Crippen molar-refractivity contribution < 1.29 is 0 Å². The van der Waals surface area contributed by atoms with Gasteiger partial charge >= 0.3 is 0 Å². The molecule has 14 heavy (non-hydrogen) atoms. The molecule has 1 unspecified atom stereocenters. The van der Waals surface area contributed by atoms with Crippen LogP contribution in [0.25, 0.3) is 0 Å². The largest absolute Gasteiger partial charge is 0.381 e. The van der Waals surface area contributed by atoms with Crippen LogP contribution in [0.2, 0.25) is 0 Å². The first-order valence-electron chi connectivity index (χ1n) is 5.17. The number of aryl methyl sites for hydroxylation is 1. The van der Waals surface area contributed by atoms with Crippen molar-refractivity contribution in [2.75, 3.05) is 11.9 Å². The zero-order chi connectivity index (χ0) is 10.6.